The monoisotopic (exact) mass is 311 g/mol. The number of carbonyl (C=O) groups is 1. The molecule has 0 radical (unpaired) electrons. The van der Waals surface area contributed by atoms with Gasteiger partial charge in [0, 0.05) is 6.54 Å². The van der Waals surface area contributed by atoms with Crippen LogP contribution in [0.4, 0.5) is 4.79 Å². The normalized spacial score (nSPS) is 10.8. The van der Waals surface area contributed by atoms with Gasteiger partial charge in [-0.3, -0.25) is 0 Å². The molecule has 2 aromatic carbocycles. The minimum absolute atomic E-state index is 0.138. The molecule has 0 heterocycles. The molecule has 0 atom stereocenters. The average molecular weight is 311 g/mol. The molecule has 0 aromatic heterocycles. The smallest absolute Gasteiger partial charge is 0.315 e. The molecule has 0 unspecified atom stereocenters. The van der Waals surface area contributed by atoms with Gasteiger partial charge in [-0.1, -0.05) is 60.7 Å². The van der Waals surface area contributed by atoms with Gasteiger partial charge in [0.2, 0.25) is 0 Å². The molecule has 2 aromatic rings. The Balaban J connectivity index is 2.00. The van der Waals surface area contributed by atoms with E-state index in [9.17, 15) is 4.79 Å². The van der Waals surface area contributed by atoms with E-state index in [-0.39, 0.29) is 12.1 Å². The lowest BCUT2D eigenvalue weighted by atomic mass is 9.99. The van der Waals surface area contributed by atoms with E-state index in [1.165, 1.54) is 0 Å². The maximum atomic E-state index is 12.2. The minimum atomic E-state index is -0.147. The van der Waals surface area contributed by atoms with Crippen LogP contribution in [0, 0.1) is 0 Å². The van der Waals surface area contributed by atoms with Gasteiger partial charge in [-0.15, -0.1) is 0 Å². The predicted octanol–water partition coefficient (Wildman–Crippen LogP) is 3.03. The van der Waals surface area contributed by atoms with E-state index in [0.29, 0.717) is 6.54 Å². The van der Waals surface area contributed by atoms with Crippen molar-refractivity contribution in [3.63, 3.8) is 0 Å². The predicted molar refractivity (Wildman–Crippen MR) is 94.4 cm³/mol. The van der Waals surface area contributed by atoms with E-state index in [1.807, 2.05) is 74.8 Å². The average Bonchev–Trinajstić information content (AvgIpc) is 2.58. The molecule has 2 amide bonds. The lowest BCUT2D eigenvalue weighted by Gasteiger charge is -2.20. The van der Waals surface area contributed by atoms with Crippen LogP contribution in [0.25, 0.3) is 0 Å². The number of hydrogen-bond acceptors (Lipinski definition) is 2. The van der Waals surface area contributed by atoms with Crippen LogP contribution < -0.4 is 10.6 Å². The third-order valence-corrected chi connectivity index (χ3v) is 3.61. The Morgan fingerprint density at radius 3 is 1.96 bits per heavy atom. The molecule has 0 aliphatic heterocycles. The fourth-order valence-corrected chi connectivity index (χ4v) is 2.43. The molecular formula is C19H25N3O. The number of carbonyl (C=O) groups excluding carboxylic acids is 1. The van der Waals surface area contributed by atoms with Gasteiger partial charge in [-0.05, 0) is 38.2 Å². The Morgan fingerprint density at radius 2 is 1.48 bits per heavy atom. The molecular weight excluding hydrogens is 286 g/mol. The van der Waals surface area contributed by atoms with E-state index in [2.05, 4.69) is 15.5 Å². The SMILES string of the molecule is CN(C)CCCNC(=O)NC(c1ccccc1)c1ccccc1. The number of rotatable bonds is 7. The Morgan fingerprint density at radius 1 is 0.957 bits per heavy atom. The van der Waals surface area contributed by atoms with Crippen molar-refractivity contribution in [1.29, 1.82) is 0 Å². The van der Waals surface area contributed by atoms with Crippen molar-refractivity contribution in [2.24, 2.45) is 0 Å². The maximum Gasteiger partial charge on any atom is 0.315 e. The van der Waals surface area contributed by atoms with Crippen molar-refractivity contribution in [2.45, 2.75) is 12.5 Å². The molecule has 0 bridgehead atoms. The summed E-state index contributed by atoms with van der Waals surface area (Å²) in [4.78, 5) is 14.3. The zero-order valence-electron chi connectivity index (χ0n) is 13.8. The first-order valence-electron chi connectivity index (χ1n) is 7.96. The molecule has 2 N–H and O–H groups in total. The van der Waals surface area contributed by atoms with Crippen molar-refractivity contribution < 1.29 is 4.79 Å². The van der Waals surface area contributed by atoms with Gasteiger partial charge in [0.15, 0.2) is 0 Å². The topological polar surface area (TPSA) is 44.4 Å². The van der Waals surface area contributed by atoms with Crippen molar-refractivity contribution >= 4 is 6.03 Å². The highest BCUT2D eigenvalue weighted by Gasteiger charge is 2.15. The minimum Gasteiger partial charge on any atom is -0.338 e. The van der Waals surface area contributed by atoms with E-state index < -0.39 is 0 Å². The summed E-state index contributed by atoms with van der Waals surface area (Å²) in [7, 11) is 4.06. The summed E-state index contributed by atoms with van der Waals surface area (Å²) in [6.45, 7) is 1.63. The number of benzene rings is 2. The van der Waals surface area contributed by atoms with Gasteiger partial charge >= 0.3 is 6.03 Å². The Labute approximate surface area is 138 Å². The fraction of sp³-hybridized carbons (Fsp3) is 0.316. The van der Waals surface area contributed by atoms with Crippen LogP contribution in [0.15, 0.2) is 60.7 Å². The molecule has 0 saturated heterocycles. The van der Waals surface area contributed by atoms with Crippen LogP contribution in [0.2, 0.25) is 0 Å². The number of urea groups is 1. The standard InChI is InChI=1S/C19H25N3O/c1-22(2)15-9-14-20-19(23)21-18(16-10-5-3-6-11-16)17-12-7-4-8-13-17/h3-8,10-13,18H,9,14-15H2,1-2H3,(H2,20,21,23). The van der Waals surface area contributed by atoms with Gasteiger partial charge in [0.1, 0.15) is 0 Å². The lowest BCUT2D eigenvalue weighted by molar-refractivity contribution is 0.238. The summed E-state index contributed by atoms with van der Waals surface area (Å²) >= 11 is 0. The highest BCUT2D eigenvalue weighted by Crippen LogP contribution is 2.21. The van der Waals surface area contributed by atoms with Crippen LogP contribution >= 0.6 is 0 Å². The summed E-state index contributed by atoms with van der Waals surface area (Å²) in [6.07, 6.45) is 0.932. The molecule has 0 aliphatic carbocycles. The van der Waals surface area contributed by atoms with Crippen LogP contribution in [-0.4, -0.2) is 38.1 Å². The van der Waals surface area contributed by atoms with Crippen molar-refractivity contribution in [3.05, 3.63) is 71.8 Å². The molecule has 0 saturated carbocycles. The molecule has 4 nitrogen and oxygen atoms in total. The third kappa shape index (κ3) is 5.75. The molecule has 122 valence electrons. The number of amides is 2. The Hall–Kier alpha value is -2.33. The molecule has 2 rings (SSSR count). The van der Waals surface area contributed by atoms with E-state index in [1.54, 1.807) is 0 Å². The molecule has 4 heteroatoms. The van der Waals surface area contributed by atoms with Crippen LogP contribution in [0.3, 0.4) is 0 Å². The molecule has 23 heavy (non-hydrogen) atoms. The van der Waals surface area contributed by atoms with Gasteiger partial charge in [-0.2, -0.15) is 0 Å². The first-order chi connectivity index (χ1) is 11.2. The highest BCUT2D eigenvalue weighted by molar-refractivity contribution is 5.75. The zero-order chi connectivity index (χ0) is 16.5. The highest BCUT2D eigenvalue weighted by atomic mass is 16.2. The number of nitrogens with one attached hydrogen (secondary N) is 2. The second-order valence-electron chi connectivity index (χ2n) is 5.81. The first-order valence-corrected chi connectivity index (χ1v) is 7.96. The summed E-state index contributed by atoms with van der Waals surface area (Å²) in [5, 5.41) is 6.01. The van der Waals surface area contributed by atoms with E-state index in [0.717, 1.165) is 24.1 Å². The summed E-state index contributed by atoms with van der Waals surface area (Å²) in [5.74, 6) is 0. The Bertz CT molecular complexity index is 545. The number of hydrogen-bond donors (Lipinski definition) is 2. The summed E-state index contributed by atoms with van der Waals surface area (Å²) in [6, 6.07) is 19.8. The molecule has 0 fully saturated rings. The zero-order valence-corrected chi connectivity index (χ0v) is 13.8. The van der Waals surface area contributed by atoms with Gasteiger partial charge < -0.3 is 15.5 Å². The molecule has 0 aliphatic rings. The van der Waals surface area contributed by atoms with Crippen molar-refractivity contribution in [2.75, 3.05) is 27.2 Å². The van der Waals surface area contributed by atoms with E-state index >= 15 is 0 Å². The van der Waals surface area contributed by atoms with Gasteiger partial charge in [0.05, 0.1) is 6.04 Å². The fourth-order valence-electron chi connectivity index (χ4n) is 2.43. The third-order valence-electron chi connectivity index (χ3n) is 3.61. The van der Waals surface area contributed by atoms with E-state index in [4.69, 9.17) is 0 Å². The van der Waals surface area contributed by atoms with Gasteiger partial charge in [0.25, 0.3) is 0 Å². The van der Waals surface area contributed by atoms with Crippen LogP contribution in [0.5, 0.6) is 0 Å². The first kappa shape index (κ1) is 17.0. The van der Waals surface area contributed by atoms with Crippen LogP contribution in [0.1, 0.15) is 23.6 Å². The van der Waals surface area contributed by atoms with Gasteiger partial charge in [-0.25, -0.2) is 4.79 Å². The second kappa shape index (κ2) is 8.96. The number of nitrogens with zero attached hydrogens (tertiary/aromatic N) is 1. The largest absolute Gasteiger partial charge is 0.338 e. The summed E-state index contributed by atoms with van der Waals surface area (Å²) in [5.41, 5.74) is 2.14. The van der Waals surface area contributed by atoms with Crippen LogP contribution in [-0.2, 0) is 0 Å². The molecule has 0 spiro atoms. The second-order valence-corrected chi connectivity index (χ2v) is 5.81. The van der Waals surface area contributed by atoms with Crippen molar-refractivity contribution in [1.82, 2.24) is 15.5 Å². The summed E-state index contributed by atoms with van der Waals surface area (Å²) < 4.78 is 0. The lowest BCUT2D eigenvalue weighted by Crippen LogP contribution is -2.39. The maximum absolute atomic E-state index is 12.2. The van der Waals surface area contributed by atoms with Crippen molar-refractivity contribution in [3.8, 4) is 0 Å². The Kier molecular flexibility index (Phi) is 6.63. The quantitative estimate of drug-likeness (QED) is 0.772.